The largest absolute Gasteiger partial charge is 0.378 e. The third-order valence-corrected chi connectivity index (χ3v) is 2.69. The molecule has 0 aliphatic carbocycles. The first kappa shape index (κ1) is 12.8. The minimum atomic E-state index is 0.320. The number of hydrogen-bond donors (Lipinski definition) is 1. The Bertz CT molecular complexity index is 566. The number of nitrogens with zero attached hydrogens (tertiary/aromatic N) is 4. The Balaban J connectivity index is 1.96. The number of anilines is 2. The lowest BCUT2D eigenvalue weighted by molar-refractivity contribution is 1.07. The van der Waals surface area contributed by atoms with E-state index in [0.29, 0.717) is 18.1 Å². The highest BCUT2D eigenvalue weighted by molar-refractivity contribution is 5.46. The van der Waals surface area contributed by atoms with E-state index in [1.54, 1.807) is 6.20 Å². The van der Waals surface area contributed by atoms with Crippen LogP contribution in [0.2, 0.25) is 0 Å². The second kappa shape index (κ2) is 5.83. The van der Waals surface area contributed by atoms with E-state index in [4.69, 9.17) is 5.26 Å². The van der Waals surface area contributed by atoms with Gasteiger partial charge in [0, 0.05) is 26.3 Å². The van der Waals surface area contributed by atoms with E-state index >= 15 is 0 Å². The van der Waals surface area contributed by atoms with E-state index in [1.165, 1.54) is 11.9 Å². The fourth-order valence-electron chi connectivity index (χ4n) is 1.58. The van der Waals surface area contributed by atoms with Gasteiger partial charge in [-0.3, -0.25) is 0 Å². The Kier molecular flexibility index (Phi) is 3.94. The van der Waals surface area contributed by atoms with E-state index in [2.05, 4.69) is 44.5 Å². The van der Waals surface area contributed by atoms with Crippen molar-refractivity contribution in [3.63, 3.8) is 0 Å². The number of hydrogen-bond acceptors (Lipinski definition) is 5. The number of nitriles is 1. The van der Waals surface area contributed by atoms with E-state index in [1.807, 2.05) is 20.2 Å². The molecule has 0 unspecified atom stereocenters. The monoisotopic (exact) mass is 253 g/mol. The van der Waals surface area contributed by atoms with Crippen LogP contribution >= 0.6 is 0 Å². The Morgan fingerprint density at radius 2 is 1.89 bits per heavy atom. The van der Waals surface area contributed by atoms with Gasteiger partial charge < -0.3 is 10.2 Å². The fourth-order valence-corrected chi connectivity index (χ4v) is 1.58. The molecule has 0 radical (unpaired) electrons. The Morgan fingerprint density at radius 1 is 1.16 bits per heavy atom. The summed E-state index contributed by atoms with van der Waals surface area (Å²) in [5.74, 6) is 0.663. The molecule has 19 heavy (non-hydrogen) atoms. The van der Waals surface area contributed by atoms with Crippen molar-refractivity contribution in [3.8, 4) is 6.07 Å². The molecule has 1 aromatic carbocycles. The molecule has 0 bridgehead atoms. The van der Waals surface area contributed by atoms with Gasteiger partial charge >= 0.3 is 0 Å². The highest BCUT2D eigenvalue weighted by Gasteiger charge is 1.98. The van der Waals surface area contributed by atoms with Crippen LogP contribution in [0.1, 0.15) is 11.3 Å². The summed E-state index contributed by atoms with van der Waals surface area (Å²) in [5.41, 5.74) is 2.65. The van der Waals surface area contributed by atoms with Crippen molar-refractivity contribution in [1.29, 1.82) is 5.26 Å². The number of benzene rings is 1. The lowest BCUT2D eigenvalue weighted by Crippen LogP contribution is -2.08. The third-order valence-electron chi connectivity index (χ3n) is 2.69. The summed E-state index contributed by atoms with van der Waals surface area (Å²) >= 11 is 0. The van der Waals surface area contributed by atoms with Gasteiger partial charge in [0.15, 0.2) is 5.69 Å². The lowest BCUT2D eigenvalue weighted by atomic mass is 10.2. The molecule has 2 aromatic rings. The van der Waals surface area contributed by atoms with Crippen LogP contribution in [0.3, 0.4) is 0 Å². The minimum Gasteiger partial charge on any atom is -0.378 e. The summed E-state index contributed by atoms with van der Waals surface area (Å²) in [7, 11) is 4.03. The maximum Gasteiger partial charge on any atom is 0.158 e. The van der Waals surface area contributed by atoms with Crippen molar-refractivity contribution in [2.24, 2.45) is 0 Å². The molecule has 0 fully saturated rings. The summed E-state index contributed by atoms with van der Waals surface area (Å²) in [6, 6.07) is 10.2. The van der Waals surface area contributed by atoms with E-state index in [9.17, 15) is 0 Å². The van der Waals surface area contributed by atoms with Crippen LogP contribution < -0.4 is 10.2 Å². The van der Waals surface area contributed by atoms with Gasteiger partial charge in [0.25, 0.3) is 0 Å². The molecular formula is C14H15N5. The number of rotatable bonds is 4. The normalized spacial score (nSPS) is 9.74. The fraction of sp³-hybridized carbons (Fsp3) is 0.214. The van der Waals surface area contributed by atoms with Gasteiger partial charge in [-0.2, -0.15) is 5.26 Å². The summed E-state index contributed by atoms with van der Waals surface area (Å²) < 4.78 is 0. The smallest absolute Gasteiger partial charge is 0.158 e. The summed E-state index contributed by atoms with van der Waals surface area (Å²) in [5, 5.41) is 11.8. The molecule has 0 aliphatic heterocycles. The van der Waals surface area contributed by atoms with Crippen LogP contribution in [0.25, 0.3) is 0 Å². The predicted molar refractivity (Wildman–Crippen MR) is 74.8 cm³/mol. The molecule has 5 nitrogen and oxygen atoms in total. The molecule has 96 valence electrons. The van der Waals surface area contributed by atoms with Crippen molar-refractivity contribution in [2.75, 3.05) is 24.3 Å². The van der Waals surface area contributed by atoms with Crippen LogP contribution in [0, 0.1) is 11.3 Å². The zero-order valence-corrected chi connectivity index (χ0v) is 11.0. The molecule has 5 heteroatoms. The maximum atomic E-state index is 8.63. The van der Waals surface area contributed by atoms with Crippen molar-refractivity contribution in [1.82, 2.24) is 9.97 Å². The second-order valence-electron chi connectivity index (χ2n) is 4.31. The Labute approximate surface area is 112 Å². The highest BCUT2D eigenvalue weighted by atomic mass is 15.1. The van der Waals surface area contributed by atoms with Crippen molar-refractivity contribution < 1.29 is 0 Å². The van der Waals surface area contributed by atoms with Crippen LogP contribution in [-0.2, 0) is 6.54 Å². The molecule has 0 aliphatic rings. The Morgan fingerprint density at radius 3 is 2.42 bits per heavy atom. The lowest BCUT2D eigenvalue weighted by Gasteiger charge is -2.13. The summed E-state index contributed by atoms with van der Waals surface area (Å²) in [6.07, 6.45) is 3.02. The third kappa shape index (κ3) is 3.42. The predicted octanol–water partition coefficient (Wildman–Crippen LogP) is 2.03. The average molecular weight is 253 g/mol. The zero-order valence-electron chi connectivity index (χ0n) is 11.0. The quantitative estimate of drug-likeness (QED) is 0.903. The van der Waals surface area contributed by atoms with Gasteiger partial charge in [-0.1, -0.05) is 12.1 Å². The molecule has 0 amide bonds. The van der Waals surface area contributed by atoms with Gasteiger partial charge in [0.2, 0.25) is 0 Å². The standard InChI is InChI=1S/C14H15N5/c1-19(2)13-5-3-11(4-6-13)8-17-14-10-16-12(7-15)9-18-14/h3-6,9-10H,8H2,1-2H3,(H,17,18). The molecule has 0 saturated carbocycles. The SMILES string of the molecule is CN(C)c1ccc(CNc2cnc(C#N)cn2)cc1. The molecule has 1 N–H and O–H groups in total. The highest BCUT2D eigenvalue weighted by Crippen LogP contribution is 2.13. The topological polar surface area (TPSA) is 64.8 Å². The van der Waals surface area contributed by atoms with Crippen LogP contribution in [0.15, 0.2) is 36.7 Å². The van der Waals surface area contributed by atoms with Crippen molar-refractivity contribution in [2.45, 2.75) is 6.54 Å². The van der Waals surface area contributed by atoms with Gasteiger partial charge in [0.1, 0.15) is 11.9 Å². The molecular weight excluding hydrogens is 238 g/mol. The first-order valence-electron chi connectivity index (χ1n) is 5.91. The molecule has 0 saturated heterocycles. The molecule has 1 aromatic heterocycles. The van der Waals surface area contributed by atoms with Crippen LogP contribution in [0.5, 0.6) is 0 Å². The number of nitrogens with one attached hydrogen (secondary N) is 1. The first-order chi connectivity index (χ1) is 9.19. The van der Waals surface area contributed by atoms with Crippen molar-refractivity contribution in [3.05, 3.63) is 47.9 Å². The molecule has 2 rings (SSSR count). The van der Waals surface area contributed by atoms with Crippen LogP contribution in [-0.4, -0.2) is 24.1 Å². The summed E-state index contributed by atoms with van der Waals surface area (Å²) in [6.45, 7) is 0.675. The Hall–Kier alpha value is -2.61. The second-order valence-corrected chi connectivity index (χ2v) is 4.31. The minimum absolute atomic E-state index is 0.320. The average Bonchev–Trinajstić information content (AvgIpc) is 2.46. The summed E-state index contributed by atoms with van der Waals surface area (Å²) in [4.78, 5) is 10.1. The molecule has 0 atom stereocenters. The molecule has 0 spiro atoms. The van der Waals surface area contributed by atoms with E-state index in [0.717, 1.165) is 5.56 Å². The zero-order chi connectivity index (χ0) is 13.7. The van der Waals surface area contributed by atoms with Gasteiger partial charge in [-0.05, 0) is 17.7 Å². The first-order valence-corrected chi connectivity index (χ1v) is 5.91. The molecule has 1 heterocycles. The van der Waals surface area contributed by atoms with Crippen molar-refractivity contribution >= 4 is 11.5 Å². The maximum absolute atomic E-state index is 8.63. The van der Waals surface area contributed by atoms with E-state index < -0.39 is 0 Å². The van der Waals surface area contributed by atoms with Crippen LogP contribution in [0.4, 0.5) is 11.5 Å². The van der Waals surface area contributed by atoms with Gasteiger partial charge in [-0.15, -0.1) is 0 Å². The number of aromatic nitrogens is 2. The van der Waals surface area contributed by atoms with E-state index in [-0.39, 0.29) is 0 Å². The van der Waals surface area contributed by atoms with Gasteiger partial charge in [-0.25, -0.2) is 9.97 Å². The van der Waals surface area contributed by atoms with Gasteiger partial charge in [0.05, 0.1) is 12.4 Å².